The van der Waals surface area contributed by atoms with E-state index in [2.05, 4.69) is 29.8 Å². The summed E-state index contributed by atoms with van der Waals surface area (Å²) in [4.78, 5) is 10.9. The average Bonchev–Trinajstić information content (AvgIpc) is 2.87. The van der Waals surface area contributed by atoms with Crippen molar-refractivity contribution in [2.24, 2.45) is 4.99 Å². The van der Waals surface area contributed by atoms with Crippen LogP contribution in [0, 0.1) is 6.92 Å². The van der Waals surface area contributed by atoms with Crippen molar-refractivity contribution in [3.63, 3.8) is 0 Å². The van der Waals surface area contributed by atoms with Gasteiger partial charge in [-0.15, -0.1) is 11.3 Å². The lowest BCUT2D eigenvalue weighted by molar-refractivity contribution is 0.216. The van der Waals surface area contributed by atoms with Gasteiger partial charge in [-0.25, -0.2) is 4.99 Å². The van der Waals surface area contributed by atoms with Gasteiger partial charge >= 0.3 is 0 Å². The number of amidine groups is 1. The molecule has 6 heteroatoms. The lowest BCUT2D eigenvalue weighted by Crippen LogP contribution is -2.47. The van der Waals surface area contributed by atoms with Crippen molar-refractivity contribution in [3.05, 3.63) is 34.7 Å². The highest BCUT2D eigenvalue weighted by molar-refractivity contribution is 7.14. The molecule has 24 heavy (non-hydrogen) atoms. The van der Waals surface area contributed by atoms with Gasteiger partial charge < -0.3 is 19.3 Å². The third-order valence-corrected chi connectivity index (χ3v) is 5.39. The number of ether oxygens (including phenoxy) is 2. The van der Waals surface area contributed by atoms with Crippen LogP contribution in [0.15, 0.2) is 29.3 Å². The minimum Gasteiger partial charge on any atom is -0.497 e. The van der Waals surface area contributed by atoms with E-state index in [1.54, 1.807) is 18.4 Å². The van der Waals surface area contributed by atoms with Gasteiger partial charge in [0, 0.05) is 37.1 Å². The number of benzene rings is 1. The number of hydrogen-bond donors (Lipinski definition) is 0. The van der Waals surface area contributed by atoms with Gasteiger partial charge in [0.15, 0.2) is 10.8 Å². The van der Waals surface area contributed by atoms with Crippen molar-refractivity contribution >= 4 is 22.9 Å². The highest BCUT2D eigenvalue weighted by Gasteiger charge is 2.26. The average molecular weight is 343 g/mol. The Labute approximate surface area is 146 Å². The number of aliphatic imine (C=N–C) groups is 1. The Bertz CT molecular complexity index is 792. The summed E-state index contributed by atoms with van der Waals surface area (Å²) in [6.07, 6.45) is 0. The molecule has 126 valence electrons. The molecule has 0 aliphatic carbocycles. The summed E-state index contributed by atoms with van der Waals surface area (Å²) in [5.41, 5.74) is 1.95. The first-order chi connectivity index (χ1) is 11.6. The molecule has 5 nitrogen and oxygen atoms in total. The first kappa shape index (κ1) is 15.5. The fourth-order valence-electron chi connectivity index (χ4n) is 3.05. The van der Waals surface area contributed by atoms with E-state index in [1.807, 2.05) is 18.2 Å². The number of fused-ring (bicyclic) bond motifs is 2. The molecular weight excluding hydrogens is 322 g/mol. The molecule has 2 aliphatic rings. The Kier molecular flexibility index (Phi) is 3.94. The highest BCUT2D eigenvalue weighted by Crippen LogP contribution is 2.43. The Morgan fingerprint density at radius 2 is 1.96 bits per heavy atom. The van der Waals surface area contributed by atoms with E-state index >= 15 is 0 Å². The molecule has 1 aromatic heterocycles. The van der Waals surface area contributed by atoms with Gasteiger partial charge in [-0.2, -0.15) is 0 Å². The molecule has 0 spiro atoms. The van der Waals surface area contributed by atoms with E-state index in [0.29, 0.717) is 0 Å². The van der Waals surface area contributed by atoms with Gasteiger partial charge in [0.2, 0.25) is 0 Å². The second-order valence-electron chi connectivity index (χ2n) is 6.22. The SMILES string of the molecule is COc1ccc2c(c1)Oc1sc(C)cc1C(N1CCN(C)CC1)=N2. The summed E-state index contributed by atoms with van der Waals surface area (Å²) in [7, 11) is 3.83. The summed E-state index contributed by atoms with van der Waals surface area (Å²) < 4.78 is 11.5. The minimum atomic E-state index is 0.751. The summed E-state index contributed by atoms with van der Waals surface area (Å²) in [6.45, 7) is 6.17. The van der Waals surface area contributed by atoms with E-state index in [4.69, 9.17) is 14.5 Å². The Hall–Kier alpha value is -2.05. The van der Waals surface area contributed by atoms with Crippen molar-refractivity contribution in [2.75, 3.05) is 40.3 Å². The standard InChI is InChI=1S/C18H21N3O2S/c1-12-10-14-17(21-8-6-20(2)7-9-21)19-15-5-4-13(22-3)11-16(15)23-18(14)24-12/h4-5,10-11H,6-9H2,1-3H3. The molecule has 4 rings (SSSR count). The Morgan fingerprint density at radius 1 is 1.17 bits per heavy atom. The first-order valence-corrected chi connectivity index (χ1v) is 8.94. The molecule has 0 unspecified atom stereocenters. The van der Waals surface area contributed by atoms with Crippen LogP contribution in [-0.4, -0.2) is 56.0 Å². The molecule has 0 atom stereocenters. The fraction of sp³-hybridized carbons (Fsp3) is 0.389. The third kappa shape index (κ3) is 2.76. The van der Waals surface area contributed by atoms with Crippen LogP contribution in [0.1, 0.15) is 10.4 Å². The topological polar surface area (TPSA) is 37.3 Å². The number of rotatable bonds is 1. The maximum Gasteiger partial charge on any atom is 0.192 e. The summed E-state index contributed by atoms with van der Waals surface area (Å²) in [5.74, 6) is 2.55. The second kappa shape index (κ2) is 6.11. The van der Waals surface area contributed by atoms with Crippen molar-refractivity contribution in [3.8, 4) is 16.6 Å². The Morgan fingerprint density at radius 3 is 2.71 bits per heavy atom. The van der Waals surface area contributed by atoms with Crippen LogP contribution in [0.4, 0.5) is 5.69 Å². The van der Waals surface area contributed by atoms with Gasteiger partial charge in [-0.1, -0.05) is 0 Å². The van der Waals surface area contributed by atoms with Crippen LogP contribution < -0.4 is 9.47 Å². The zero-order valence-corrected chi connectivity index (χ0v) is 15.0. The number of hydrogen-bond acceptors (Lipinski definition) is 6. The zero-order valence-electron chi connectivity index (χ0n) is 14.2. The number of methoxy groups -OCH3 is 1. The molecule has 0 bridgehead atoms. The smallest absolute Gasteiger partial charge is 0.192 e. The molecule has 2 aliphatic heterocycles. The van der Waals surface area contributed by atoms with E-state index in [9.17, 15) is 0 Å². The first-order valence-electron chi connectivity index (χ1n) is 8.13. The summed E-state index contributed by atoms with van der Waals surface area (Å²) >= 11 is 1.67. The lowest BCUT2D eigenvalue weighted by atomic mass is 10.2. The van der Waals surface area contributed by atoms with Gasteiger partial charge in [0.05, 0.1) is 12.7 Å². The molecule has 1 saturated heterocycles. The number of thiophene rings is 1. The zero-order chi connectivity index (χ0) is 16.7. The van der Waals surface area contributed by atoms with Crippen LogP contribution in [0.2, 0.25) is 0 Å². The van der Waals surface area contributed by atoms with E-state index in [0.717, 1.165) is 59.8 Å². The van der Waals surface area contributed by atoms with Crippen LogP contribution in [0.25, 0.3) is 0 Å². The van der Waals surface area contributed by atoms with Crippen LogP contribution in [0.3, 0.4) is 0 Å². The van der Waals surface area contributed by atoms with Crippen molar-refractivity contribution in [1.29, 1.82) is 0 Å². The van der Waals surface area contributed by atoms with Crippen LogP contribution >= 0.6 is 11.3 Å². The van der Waals surface area contributed by atoms with Gasteiger partial charge in [0.25, 0.3) is 0 Å². The summed E-state index contributed by atoms with van der Waals surface area (Å²) in [5, 5.41) is 0.914. The largest absolute Gasteiger partial charge is 0.497 e. The van der Waals surface area contributed by atoms with Crippen LogP contribution in [0.5, 0.6) is 16.6 Å². The van der Waals surface area contributed by atoms with Crippen molar-refractivity contribution < 1.29 is 9.47 Å². The molecule has 0 radical (unpaired) electrons. The highest BCUT2D eigenvalue weighted by atomic mass is 32.1. The number of aryl methyl sites for hydroxylation is 1. The number of likely N-dealkylation sites (N-methyl/N-ethyl adjacent to an activating group) is 1. The van der Waals surface area contributed by atoms with Gasteiger partial charge in [-0.05, 0) is 32.2 Å². The van der Waals surface area contributed by atoms with Crippen molar-refractivity contribution in [2.45, 2.75) is 6.92 Å². The van der Waals surface area contributed by atoms with Gasteiger partial charge in [0.1, 0.15) is 17.3 Å². The molecule has 3 heterocycles. The van der Waals surface area contributed by atoms with Crippen molar-refractivity contribution in [1.82, 2.24) is 9.80 Å². The van der Waals surface area contributed by atoms with Gasteiger partial charge in [-0.3, -0.25) is 0 Å². The molecule has 0 amide bonds. The molecule has 1 aromatic carbocycles. The normalized spacial score (nSPS) is 17.5. The number of nitrogens with zero attached hydrogens (tertiary/aromatic N) is 3. The molecule has 0 N–H and O–H groups in total. The maximum atomic E-state index is 6.19. The quantitative estimate of drug-likeness (QED) is 0.794. The fourth-order valence-corrected chi connectivity index (χ4v) is 3.91. The Balaban J connectivity index is 1.80. The molecule has 0 saturated carbocycles. The summed E-state index contributed by atoms with van der Waals surface area (Å²) in [6, 6.07) is 7.98. The van der Waals surface area contributed by atoms with Crippen LogP contribution in [-0.2, 0) is 0 Å². The maximum absolute atomic E-state index is 6.19. The monoisotopic (exact) mass is 343 g/mol. The number of piperazine rings is 1. The second-order valence-corrected chi connectivity index (χ2v) is 7.44. The predicted octanol–water partition coefficient (Wildman–Crippen LogP) is 3.50. The molecule has 2 aromatic rings. The molecular formula is C18H21N3O2S. The molecule has 1 fully saturated rings. The van der Waals surface area contributed by atoms with E-state index in [1.165, 1.54) is 4.88 Å². The predicted molar refractivity (Wildman–Crippen MR) is 97.4 cm³/mol. The van der Waals surface area contributed by atoms with E-state index < -0.39 is 0 Å². The minimum absolute atomic E-state index is 0.751. The van der Waals surface area contributed by atoms with E-state index in [-0.39, 0.29) is 0 Å². The lowest BCUT2D eigenvalue weighted by Gasteiger charge is -2.34. The third-order valence-electron chi connectivity index (χ3n) is 4.46.